The first-order valence-corrected chi connectivity index (χ1v) is 5.26. The van der Waals surface area contributed by atoms with E-state index in [1.54, 1.807) is 0 Å². The van der Waals surface area contributed by atoms with Crippen LogP contribution in [0.4, 0.5) is 0 Å². The maximum atomic E-state index is 5.82. The summed E-state index contributed by atoms with van der Waals surface area (Å²) in [5, 5.41) is 0. The van der Waals surface area contributed by atoms with Crippen molar-refractivity contribution in [3.63, 3.8) is 0 Å². The second-order valence-corrected chi connectivity index (χ2v) is 4.04. The molecule has 3 nitrogen and oxygen atoms in total. The molecule has 0 aromatic rings. The topological polar surface area (TPSA) is 38.5 Å². The van der Waals surface area contributed by atoms with Crippen LogP contribution in [0, 0.1) is 0 Å². The molecule has 0 amide bonds. The summed E-state index contributed by atoms with van der Waals surface area (Å²) in [6, 6.07) is 0. The zero-order chi connectivity index (χ0) is 9.68. The molecular formula is C10H22N2O. The maximum absolute atomic E-state index is 5.82. The molecule has 0 spiro atoms. The zero-order valence-corrected chi connectivity index (χ0v) is 8.83. The third-order valence-corrected chi connectivity index (χ3v) is 2.66. The Hall–Kier alpha value is -0.120. The average molecular weight is 186 g/mol. The molecule has 78 valence electrons. The van der Waals surface area contributed by atoms with Gasteiger partial charge in [0.2, 0.25) is 0 Å². The molecule has 0 aromatic carbocycles. The van der Waals surface area contributed by atoms with Gasteiger partial charge >= 0.3 is 0 Å². The second kappa shape index (κ2) is 5.58. The quantitative estimate of drug-likeness (QED) is 0.709. The summed E-state index contributed by atoms with van der Waals surface area (Å²) < 4.78 is 5.82. The molecule has 2 unspecified atom stereocenters. The smallest absolute Gasteiger partial charge is 0.0672 e. The molecule has 1 aliphatic heterocycles. The van der Waals surface area contributed by atoms with E-state index in [-0.39, 0.29) is 6.10 Å². The van der Waals surface area contributed by atoms with Gasteiger partial charge in [-0.2, -0.15) is 0 Å². The van der Waals surface area contributed by atoms with Crippen molar-refractivity contribution in [1.29, 1.82) is 0 Å². The first kappa shape index (κ1) is 11.0. The lowest BCUT2D eigenvalue weighted by molar-refractivity contribution is -0.00413. The third-order valence-electron chi connectivity index (χ3n) is 2.66. The molecule has 0 aromatic heterocycles. The van der Waals surface area contributed by atoms with Gasteiger partial charge in [-0.05, 0) is 39.8 Å². The summed E-state index contributed by atoms with van der Waals surface area (Å²) in [6.07, 6.45) is 4.24. The van der Waals surface area contributed by atoms with Gasteiger partial charge in [-0.15, -0.1) is 0 Å². The minimum absolute atomic E-state index is 0.216. The summed E-state index contributed by atoms with van der Waals surface area (Å²) >= 11 is 0. The van der Waals surface area contributed by atoms with Gasteiger partial charge in [0.1, 0.15) is 0 Å². The van der Waals surface area contributed by atoms with Gasteiger partial charge in [0.05, 0.1) is 12.2 Å². The van der Waals surface area contributed by atoms with Crippen LogP contribution in [0.5, 0.6) is 0 Å². The van der Waals surface area contributed by atoms with E-state index in [1.165, 1.54) is 19.4 Å². The summed E-state index contributed by atoms with van der Waals surface area (Å²) in [7, 11) is 2.18. The Morgan fingerprint density at radius 3 is 2.92 bits per heavy atom. The van der Waals surface area contributed by atoms with E-state index in [0.717, 1.165) is 13.0 Å². The molecule has 0 aliphatic carbocycles. The van der Waals surface area contributed by atoms with E-state index in [4.69, 9.17) is 10.5 Å². The van der Waals surface area contributed by atoms with Crippen molar-refractivity contribution in [2.75, 3.05) is 26.7 Å². The Morgan fingerprint density at radius 2 is 2.23 bits per heavy atom. The lowest BCUT2D eigenvalue weighted by Crippen LogP contribution is -2.27. The molecule has 2 atom stereocenters. The van der Waals surface area contributed by atoms with Crippen LogP contribution in [0.1, 0.15) is 26.2 Å². The van der Waals surface area contributed by atoms with E-state index in [0.29, 0.717) is 12.6 Å². The molecule has 0 radical (unpaired) electrons. The minimum Gasteiger partial charge on any atom is -0.374 e. The van der Waals surface area contributed by atoms with Gasteiger partial charge in [0.15, 0.2) is 0 Å². The zero-order valence-electron chi connectivity index (χ0n) is 8.83. The molecule has 2 N–H and O–H groups in total. The van der Waals surface area contributed by atoms with Crippen LogP contribution >= 0.6 is 0 Å². The van der Waals surface area contributed by atoms with Crippen LogP contribution in [-0.2, 0) is 4.74 Å². The normalized spacial score (nSPS) is 28.4. The average Bonchev–Trinajstić information content (AvgIpc) is 2.31. The predicted octanol–water partition coefficient (Wildman–Crippen LogP) is 0.834. The lowest BCUT2D eigenvalue weighted by atomic mass is 10.1. The first-order chi connectivity index (χ1) is 6.22. The van der Waals surface area contributed by atoms with E-state index in [2.05, 4.69) is 18.9 Å². The number of hydrogen-bond acceptors (Lipinski definition) is 3. The Labute approximate surface area is 81.2 Å². The molecule has 1 aliphatic rings. The largest absolute Gasteiger partial charge is 0.374 e. The fourth-order valence-electron chi connectivity index (χ4n) is 1.73. The van der Waals surface area contributed by atoms with Crippen LogP contribution in [0.25, 0.3) is 0 Å². The minimum atomic E-state index is 0.216. The van der Waals surface area contributed by atoms with Crippen molar-refractivity contribution in [1.82, 2.24) is 4.90 Å². The maximum Gasteiger partial charge on any atom is 0.0672 e. The van der Waals surface area contributed by atoms with Gasteiger partial charge in [0.25, 0.3) is 0 Å². The number of likely N-dealkylation sites (tertiary alicyclic amines) is 1. The highest BCUT2D eigenvalue weighted by atomic mass is 16.5. The summed E-state index contributed by atoms with van der Waals surface area (Å²) in [4.78, 5) is 2.37. The van der Waals surface area contributed by atoms with Crippen LogP contribution in [-0.4, -0.2) is 43.8 Å². The van der Waals surface area contributed by atoms with Crippen molar-refractivity contribution in [3.05, 3.63) is 0 Å². The fraction of sp³-hybridized carbons (Fsp3) is 1.00. The fourth-order valence-corrected chi connectivity index (χ4v) is 1.73. The van der Waals surface area contributed by atoms with E-state index in [1.807, 2.05) is 0 Å². The Balaban J connectivity index is 2.25. The summed E-state index contributed by atoms with van der Waals surface area (Å²) in [5.74, 6) is 0. The molecule has 1 saturated heterocycles. The monoisotopic (exact) mass is 186 g/mol. The first-order valence-electron chi connectivity index (χ1n) is 5.26. The highest BCUT2D eigenvalue weighted by Gasteiger charge is 2.16. The molecule has 1 rings (SSSR count). The number of nitrogens with zero attached hydrogens (tertiary/aromatic N) is 1. The van der Waals surface area contributed by atoms with Crippen LogP contribution in [0.2, 0.25) is 0 Å². The molecule has 0 saturated carbocycles. The Bertz CT molecular complexity index is 141. The van der Waals surface area contributed by atoms with Gasteiger partial charge in [-0.1, -0.05) is 0 Å². The number of ether oxygens (including phenoxy) is 1. The van der Waals surface area contributed by atoms with E-state index in [9.17, 15) is 0 Å². The van der Waals surface area contributed by atoms with Crippen LogP contribution < -0.4 is 5.73 Å². The lowest BCUT2D eigenvalue weighted by Gasteiger charge is -2.20. The van der Waals surface area contributed by atoms with Gasteiger partial charge in [0, 0.05) is 13.1 Å². The predicted molar refractivity (Wildman–Crippen MR) is 54.7 cm³/mol. The van der Waals surface area contributed by atoms with Crippen LogP contribution in [0.3, 0.4) is 0 Å². The molecule has 13 heavy (non-hydrogen) atoms. The highest BCUT2D eigenvalue weighted by molar-refractivity contribution is 4.69. The Kier molecular flexibility index (Phi) is 4.70. The molecule has 0 bridgehead atoms. The summed E-state index contributed by atoms with van der Waals surface area (Å²) in [6.45, 7) is 5.04. The van der Waals surface area contributed by atoms with Crippen molar-refractivity contribution in [3.8, 4) is 0 Å². The molecule has 1 heterocycles. The van der Waals surface area contributed by atoms with Gasteiger partial charge < -0.3 is 15.4 Å². The van der Waals surface area contributed by atoms with E-state index < -0.39 is 0 Å². The summed E-state index contributed by atoms with van der Waals surface area (Å²) in [5.41, 5.74) is 5.52. The number of nitrogens with two attached hydrogens (primary N) is 1. The van der Waals surface area contributed by atoms with Crippen LogP contribution in [0.15, 0.2) is 0 Å². The third kappa shape index (κ3) is 4.07. The van der Waals surface area contributed by atoms with Crippen molar-refractivity contribution in [2.45, 2.75) is 38.4 Å². The van der Waals surface area contributed by atoms with Crippen molar-refractivity contribution < 1.29 is 4.74 Å². The molecular weight excluding hydrogens is 164 g/mol. The standard InChI is InChI=1S/C10H22N2O/c1-9(8-11)13-10-4-3-6-12(2)7-5-10/h9-10H,3-8,11H2,1-2H3. The van der Waals surface area contributed by atoms with Crippen molar-refractivity contribution in [2.24, 2.45) is 5.73 Å². The van der Waals surface area contributed by atoms with E-state index >= 15 is 0 Å². The van der Waals surface area contributed by atoms with Crippen molar-refractivity contribution >= 4 is 0 Å². The number of hydrogen-bond donors (Lipinski definition) is 1. The Morgan fingerprint density at radius 1 is 1.46 bits per heavy atom. The SMILES string of the molecule is CC(CN)OC1CCCN(C)CC1. The molecule has 1 fully saturated rings. The highest BCUT2D eigenvalue weighted by Crippen LogP contribution is 2.14. The van der Waals surface area contributed by atoms with Gasteiger partial charge in [-0.25, -0.2) is 0 Å². The van der Waals surface area contributed by atoms with Gasteiger partial charge in [-0.3, -0.25) is 0 Å². The molecule has 3 heteroatoms. The number of rotatable bonds is 3. The second-order valence-electron chi connectivity index (χ2n) is 4.04.